The summed E-state index contributed by atoms with van der Waals surface area (Å²) in [5.74, 6) is -1.33. The van der Waals surface area contributed by atoms with Crippen LogP contribution in [0.5, 0.6) is 5.75 Å². The third-order valence-electron chi connectivity index (χ3n) is 5.78. The van der Waals surface area contributed by atoms with E-state index in [-0.39, 0.29) is 22.6 Å². The van der Waals surface area contributed by atoms with Crippen LogP contribution in [0.1, 0.15) is 19.5 Å². The van der Waals surface area contributed by atoms with Gasteiger partial charge in [-0.05, 0) is 38.1 Å². The number of aromatic nitrogens is 4. The fraction of sp³-hybridized carbons (Fsp3) is 0.304. The lowest BCUT2D eigenvalue weighted by atomic mass is 10.1. The Balaban J connectivity index is 1.63. The number of hydrogen-bond donors (Lipinski definition) is 2. The molecule has 9 heteroatoms. The van der Waals surface area contributed by atoms with Gasteiger partial charge < -0.3 is 15.3 Å². The maximum Gasteiger partial charge on any atom is 0.193 e. The number of halogens is 1. The molecular formula is C23H22FN7O. The van der Waals surface area contributed by atoms with E-state index >= 15 is 0 Å². The second kappa shape index (κ2) is 7.43. The summed E-state index contributed by atoms with van der Waals surface area (Å²) in [6.07, 6.45) is 1.65. The number of hydrogen-bond acceptors (Lipinski definition) is 7. The fourth-order valence-electron chi connectivity index (χ4n) is 4.46. The molecule has 0 radical (unpaired) electrons. The van der Waals surface area contributed by atoms with Gasteiger partial charge in [-0.25, -0.2) is 14.4 Å². The monoisotopic (exact) mass is 431 g/mol. The fourth-order valence-corrected chi connectivity index (χ4v) is 4.46. The van der Waals surface area contributed by atoms with Crippen LogP contribution < -0.4 is 10.2 Å². The maximum absolute atomic E-state index is 14.7. The second-order valence-electron chi connectivity index (χ2n) is 8.41. The molecule has 32 heavy (non-hydrogen) atoms. The molecule has 1 aliphatic heterocycles. The average molecular weight is 431 g/mol. The van der Waals surface area contributed by atoms with Crippen molar-refractivity contribution in [3.63, 3.8) is 0 Å². The molecule has 2 aromatic carbocycles. The van der Waals surface area contributed by atoms with Gasteiger partial charge in [0.15, 0.2) is 23.1 Å². The molecule has 0 aliphatic carbocycles. The van der Waals surface area contributed by atoms with Crippen LogP contribution in [0.25, 0.3) is 33.2 Å². The van der Waals surface area contributed by atoms with Gasteiger partial charge in [0.1, 0.15) is 11.6 Å². The van der Waals surface area contributed by atoms with Crippen LogP contribution in [0.2, 0.25) is 0 Å². The number of aryl methyl sites for hydroxylation is 1. The molecule has 2 unspecified atom stereocenters. The lowest BCUT2D eigenvalue weighted by molar-refractivity contribution is 0.407. The Bertz CT molecular complexity index is 1400. The van der Waals surface area contributed by atoms with Gasteiger partial charge in [-0.1, -0.05) is 0 Å². The van der Waals surface area contributed by atoms with Gasteiger partial charge in [-0.3, -0.25) is 4.68 Å². The predicted molar refractivity (Wildman–Crippen MR) is 120 cm³/mol. The lowest BCUT2D eigenvalue weighted by Crippen LogP contribution is -2.54. The van der Waals surface area contributed by atoms with Crippen molar-refractivity contribution < 1.29 is 9.50 Å². The molecule has 1 fully saturated rings. The average Bonchev–Trinajstić information content (AvgIpc) is 3.15. The van der Waals surface area contributed by atoms with Crippen LogP contribution >= 0.6 is 0 Å². The number of fused-ring (bicyclic) bond motifs is 2. The van der Waals surface area contributed by atoms with E-state index in [4.69, 9.17) is 0 Å². The van der Waals surface area contributed by atoms with Gasteiger partial charge in [0.2, 0.25) is 0 Å². The molecule has 5 rings (SSSR count). The smallest absolute Gasteiger partial charge is 0.193 e. The number of piperazine rings is 1. The Morgan fingerprint density at radius 2 is 1.94 bits per heavy atom. The van der Waals surface area contributed by atoms with Crippen molar-refractivity contribution in [3.8, 4) is 23.2 Å². The molecule has 3 heterocycles. The summed E-state index contributed by atoms with van der Waals surface area (Å²) >= 11 is 0. The molecule has 0 amide bonds. The SMILES string of the molecule is CC1CN(c2ccc3nc(-c4cc5cn(C)nc5c(F)c4O)nc(C#N)c3c2)CC(C)N1. The number of nitriles is 1. The zero-order valence-electron chi connectivity index (χ0n) is 18.0. The third-order valence-corrected chi connectivity index (χ3v) is 5.78. The maximum atomic E-state index is 14.7. The molecule has 0 saturated carbocycles. The summed E-state index contributed by atoms with van der Waals surface area (Å²) in [7, 11) is 1.67. The number of phenolic OH excluding ortho intramolecular Hbond substituents is 1. The van der Waals surface area contributed by atoms with Crippen LogP contribution in [0, 0.1) is 17.1 Å². The number of aromatic hydroxyl groups is 1. The second-order valence-corrected chi connectivity index (χ2v) is 8.41. The summed E-state index contributed by atoms with van der Waals surface area (Å²) in [6.45, 7) is 6.00. The molecule has 4 aromatic rings. The van der Waals surface area contributed by atoms with E-state index in [0.717, 1.165) is 18.8 Å². The van der Waals surface area contributed by atoms with Crippen molar-refractivity contribution in [2.75, 3.05) is 18.0 Å². The molecule has 162 valence electrons. The van der Waals surface area contributed by atoms with E-state index < -0.39 is 11.6 Å². The molecule has 0 spiro atoms. The Morgan fingerprint density at radius 3 is 2.66 bits per heavy atom. The van der Waals surface area contributed by atoms with E-state index in [1.807, 2.05) is 18.2 Å². The van der Waals surface area contributed by atoms with E-state index in [1.54, 1.807) is 19.3 Å². The summed E-state index contributed by atoms with van der Waals surface area (Å²) in [4.78, 5) is 11.2. The normalized spacial score (nSPS) is 18.9. The summed E-state index contributed by atoms with van der Waals surface area (Å²) < 4.78 is 16.2. The minimum atomic E-state index is -0.836. The van der Waals surface area contributed by atoms with Gasteiger partial charge in [-0.2, -0.15) is 10.4 Å². The number of nitrogens with zero attached hydrogens (tertiary/aromatic N) is 6. The van der Waals surface area contributed by atoms with Crippen molar-refractivity contribution in [2.24, 2.45) is 7.05 Å². The molecule has 2 aromatic heterocycles. The minimum Gasteiger partial charge on any atom is -0.504 e. The van der Waals surface area contributed by atoms with E-state index in [1.165, 1.54) is 4.68 Å². The van der Waals surface area contributed by atoms with Crippen LogP contribution in [0.15, 0.2) is 30.5 Å². The summed E-state index contributed by atoms with van der Waals surface area (Å²) in [5, 5.41) is 28.9. The summed E-state index contributed by atoms with van der Waals surface area (Å²) in [5.41, 5.74) is 1.91. The van der Waals surface area contributed by atoms with Gasteiger partial charge >= 0.3 is 0 Å². The number of nitrogens with one attached hydrogen (secondary N) is 1. The van der Waals surface area contributed by atoms with Gasteiger partial charge in [0.25, 0.3) is 0 Å². The Labute approximate surface area is 183 Å². The zero-order chi connectivity index (χ0) is 22.6. The first-order valence-corrected chi connectivity index (χ1v) is 10.4. The number of phenols is 1. The highest BCUT2D eigenvalue weighted by atomic mass is 19.1. The minimum absolute atomic E-state index is 0.0687. The highest BCUT2D eigenvalue weighted by Crippen LogP contribution is 2.36. The quantitative estimate of drug-likeness (QED) is 0.503. The highest BCUT2D eigenvalue weighted by Gasteiger charge is 2.23. The van der Waals surface area contributed by atoms with Crippen LogP contribution in [0.4, 0.5) is 10.1 Å². The zero-order valence-corrected chi connectivity index (χ0v) is 18.0. The highest BCUT2D eigenvalue weighted by molar-refractivity contribution is 5.91. The van der Waals surface area contributed by atoms with Crippen molar-refractivity contribution in [3.05, 3.63) is 42.0 Å². The van der Waals surface area contributed by atoms with Gasteiger partial charge in [0.05, 0.1) is 11.1 Å². The molecule has 2 N–H and O–H groups in total. The van der Waals surface area contributed by atoms with Crippen molar-refractivity contribution in [1.82, 2.24) is 25.1 Å². The topological polar surface area (TPSA) is 103 Å². The molecule has 2 atom stereocenters. The van der Waals surface area contributed by atoms with Crippen LogP contribution in [0.3, 0.4) is 0 Å². The number of rotatable bonds is 2. The Kier molecular flexibility index (Phi) is 4.68. The van der Waals surface area contributed by atoms with E-state index in [0.29, 0.717) is 28.4 Å². The van der Waals surface area contributed by atoms with Crippen LogP contribution in [-0.4, -0.2) is 50.0 Å². The first-order chi connectivity index (χ1) is 15.3. The molecular weight excluding hydrogens is 409 g/mol. The Hall–Kier alpha value is -3.77. The van der Waals surface area contributed by atoms with Crippen molar-refractivity contribution in [2.45, 2.75) is 25.9 Å². The molecule has 1 saturated heterocycles. The first kappa shape index (κ1) is 20.2. The summed E-state index contributed by atoms with van der Waals surface area (Å²) in [6, 6.07) is 10.1. The first-order valence-electron chi connectivity index (χ1n) is 10.4. The number of benzene rings is 2. The van der Waals surface area contributed by atoms with E-state index in [9.17, 15) is 14.8 Å². The third kappa shape index (κ3) is 3.29. The van der Waals surface area contributed by atoms with Crippen molar-refractivity contribution in [1.29, 1.82) is 5.26 Å². The molecule has 8 nitrogen and oxygen atoms in total. The molecule has 0 bridgehead atoms. The lowest BCUT2D eigenvalue weighted by Gasteiger charge is -2.37. The Morgan fingerprint density at radius 1 is 1.19 bits per heavy atom. The largest absolute Gasteiger partial charge is 0.504 e. The van der Waals surface area contributed by atoms with Gasteiger partial charge in [-0.15, -0.1) is 0 Å². The van der Waals surface area contributed by atoms with E-state index in [2.05, 4.69) is 45.2 Å². The van der Waals surface area contributed by atoms with Crippen molar-refractivity contribution >= 4 is 27.5 Å². The van der Waals surface area contributed by atoms with Gasteiger partial charge in [0, 0.05) is 54.9 Å². The van der Waals surface area contributed by atoms with Crippen LogP contribution in [-0.2, 0) is 7.05 Å². The standard InChI is InChI=1S/C23H22FN7O/c1-12-9-31(10-13(2)26-12)15-4-5-18-16(7-15)19(8-25)28-23(27-18)17-6-14-11-30(3)29-21(14)20(24)22(17)32/h4-7,11-13,26,32H,9-10H2,1-3H3. The number of anilines is 1. The predicted octanol–water partition coefficient (Wildman–Crippen LogP) is 3.09. The molecule has 1 aliphatic rings.